The van der Waals surface area contributed by atoms with E-state index in [0.717, 1.165) is 12.8 Å². The Balaban J connectivity index is 3.32. The molecule has 0 rings (SSSR count). The molecule has 0 heterocycles. The third kappa shape index (κ3) is 21.8. The molecule has 27 heavy (non-hydrogen) atoms. The van der Waals surface area contributed by atoms with Crippen LogP contribution in [0.2, 0.25) is 19.6 Å². The van der Waals surface area contributed by atoms with Gasteiger partial charge in [-0.25, -0.2) is 0 Å². The van der Waals surface area contributed by atoms with Crippen molar-refractivity contribution in [3.05, 3.63) is 0 Å². The summed E-state index contributed by atoms with van der Waals surface area (Å²) >= 11 is 0. The summed E-state index contributed by atoms with van der Waals surface area (Å²) in [7, 11) is -1.63. The molecule has 1 N–H and O–H groups in total. The Morgan fingerprint density at radius 1 is 0.778 bits per heavy atom. The fourth-order valence-electron chi connectivity index (χ4n) is 2.94. The van der Waals surface area contributed by atoms with E-state index in [4.69, 9.17) is 9.16 Å². The molecule has 0 aromatic heterocycles. The SMILES string of the molecule is CCCCCCCCCCCCCCCC(=O)OC[C@H](O)CO[Si](C)(C)C. The van der Waals surface area contributed by atoms with E-state index >= 15 is 0 Å². The van der Waals surface area contributed by atoms with E-state index in [-0.39, 0.29) is 19.2 Å². The van der Waals surface area contributed by atoms with Crippen LogP contribution in [0.5, 0.6) is 0 Å². The Bertz CT molecular complexity index is 342. The van der Waals surface area contributed by atoms with Crippen LogP contribution in [-0.2, 0) is 14.0 Å². The van der Waals surface area contributed by atoms with Crippen LogP contribution in [0.4, 0.5) is 0 Å². The third-order valence-electron chi connectivity index (χ3n) is 4.63. The number of esters is 1. The average molecular weight is 403 g/mol. The predicted molar refractivity (Wildman–Crippen MR) is 117 cm³/mol. The van der Waals surface area contributed by atoms with E-state index in [1.165, 1.54) is 70.6 Å². The highest BCUT2D eigenvalue weighted by Crippen LogP contribution is 2.13. The van der Waals surface area contributed by atoms with Gasteiger partial charge in [0, 0.05) is 6.42 Å². The van der Waals surface area contributed by atoms with E-state index in [1.54, 1.807) is 0 Å². The number of ether oxygens (including phenoxy) is 1. The maximum absolute atomic E-state index is 11.7. The summed E-state index contributed by atoms with van der Waals surface area (Å²) in [5, 5.41) is 9.77. The molecule has 0 aliphatic heterocycles. The number of carbonyl (C=O) groups is 1. The fourth-order valence-corrected chi connectivity index (χ4v) is 3.64. The van der Waals surface area contributed by atoms with Crippen LogP contribution in [0.3, 0.4) is 0 Å². The zero-order chi connectivity index (χ0) is 20.4. The molecular formula is C22H46O4Si. The largest absolute Gasteiger partial charge is 0.463 e. The first-order valence-electron chi connectivity index (χ1n) is 11.3. The second kappa shape index (κ2) is 17.7. The van der Waals surface area contributed by atoms with Crippen molar-refractivity contribution in [3.63, 3.8) is 0 Å². The van der Waals surface area contributed by atoms with Crippen LogP contribution in [0, 0.1) is 0 Å². The van der Waals surface area contributed by atoms with Gasteiger partial charge in [0.15, 0.2) is 8.32 Å². The van der Waals surface area contributed by atoms with Crippen LogP contribution >= 0.6 is 0 Å². The number of aliphatic hydroxyl groups is 1. The lowest BCUT2D eigenvalue weighted by molar-refractivity contribution is -0.147. The first kappa shape index (κ1) is 26.6. The van der Waals surface area contributed by atoms with Crippen molar-refractivity contribution < 1.29 is 19.1 Å². The van der Waals surface area contributed by atoms with Crippen LogP contribution in [0.1, 0.15) is 96.8 Å². The Morgan fingerprint density at radius 2 is 1.22 bits per heavy atom. The molecule has 0 radical (unpaired) electrons. The minimum Gasteiger partial charge on any atom is -0.463 e. The standard InChI is InChI=1S/C22H46O4Si/c1-5-6-7-8-9-10-11-12-13-14-15-16-17-18-22(24)25-19-21(23)20-26-27(2,3)4/h21,23H,5-20H2,1-4H3/t21-/m0/s1. The van der Waals surface area contributed by atoms with Gasteiger partial charge < -0.3 is 14.3 Å². The van der Waals surface area contributed by atoms with Gasteiger partial charge in [0.2, 0.25) is 0 Å². The monoisotopic (exact) mass is 402 g/mol. The first-order valence-corrected chi connectivity index (χ1v) is 14.7. The molecule has 4 nitrogen and oxygen atoms in total. The van der Waals surface area contributed by atoms with Gasteiger partial charge in [-0.2, -0.15) is 0 Å². The molecule has 162 valence electrons. The van der Waals surface area contributed by atoms with Gasteiger partial charge in [-0.1, -0.05) is 84.0 Å². The quantitative estimate of drug-likeness (QED) is 0.158. The minimum atomic E-state index is -1.63. The first-order chi connectivity index (χ1) is 12.8. The maximum atomic E-state index is 11.7. The molecule has 0 unspecified atom stereocenters. The van der Waals surface area contributed by atoms with Gasteiger partial charge >= 0.3 is 5.97 Å². The molecule has 0 amide bonds. The van der Waals surface area contributed by atoms with Crippen LogP contribution in [0.25, 0.3) is 0 Å². The zero-order valence-electron chi connectivity index (χ0n) is 18.6. The van der Waals surface area contributed by atoms with Gasteiger partial charge in [-0.3, -0.25) is 4.79 Å². The van der Waals surface area contributed by atoms with E-state index < -0.39 is 14.4 Å². The van der Waals surface area contributed by atoms with Crippen molar-refractivity contribution >= 4 is 14.3 Å². The Hall–Kier alpha value is -0.393. The summed E-state index contributed by atoms with van der Waals surface area (Å²) in [6.45, 7) is 8.77. The maximum Gasteiger partial charge on any atom is 0.305 e. The van der Waals surface area contributed by atoms with Crippen molar-refractivity contribution in [2.45, 2.75) is 123 Å². The van der Waals surface area contributed by atoms with Crippen molar-refractivity contribution in [1.29, 1.82) is 0 Å². The molecule has 5 heteroatoms. The third-order valence-corrected chi connectivity index (χ3v) is 5.66. The molecule has 0 aliphatic rings. The summed E-state index contributed by atoms with van der Waals surface area (Å²) in [5.74, 6) is -0.204. The van der Waals surface area contributed by atoms with Crippen molar-refractivity contribution in [2.75, 3.05) is 13.2 Å². The van der Waals surface area contributed by atoms with E-state index in [0.29, 0.717) is 6.42 Å². The summed E-state index contributed by atoms with van der Waals surface area (Å²) < 4.78 is 10.7. The lowest BCUT2D eigenvalue weighted by Gasteiger charge is -2.20. The number of carbonyl (C=O) groups excluding carboxylic acids is 1. The second-order valence-electron chi connectivity index (χ2n) is 8.75. The summed E-state index contributed by atoms with van der Waals surface area (Å²) in [6, 6.07) is 0. The Morgan fingerprint density at radius 3 is 1.67 bits per heavy atom. The number of hydrogen-bond donors (Lipinski definition) is 1. The molecule has 0 bridgehead atoms. The van der Waals surface area contributed by atoms with Gasteiger partial charge in [0.05, 0.1) is 6.61 Å². The van der Waals surface area contributed by atoms with E-state index in [9.17, 15) is 9.90 Å². The van der Waals surface area contributed by atoms with E-state index in [2.05, 4.69) is 26.6 Å². The Labute approximate surface area is 169 Å². The fraction of sp³-hybridized carbons (Fsp3) is 0.955. The van der Waals surface area contributed by atoms with Gasteiger partial charge in [-0.05, 0) is 26.1 Å². The molecule has 0 fully saturated rings. The topological polar surface area (TPSA) is 55.8 Å². The summed E-state index contributed by atoms with van der Waals surface area (Å²) in [6.07, 6.45) is 16.6. The molecule has 0 aromatic rings. The smallest absolute Gasteiger partial charge is 0.305 e. The molecule has 0 spiro atoms. The normalized spacial score (nSPS) is 12.9. The van der Waals surface area contributed by atoms with Crippen LogP contribution in [-0.4, -0.2) is 38.7 Å². The lowest BCUT2D eigenvalue weighted by Crippen LogP contribution is -2.32. The zero-order valence-corrected chi connectivity index (χ0v) is 19.6. The van der Waals surface area contributed by atoms with Gasteiger partial charge in [-0.15, -0.1) is 0 Å². The summed E-state index contributed by atoms with van der Waals surface area (Å²) in [4.78, 5) is 11.7. The highest BCUT2D eigenvalue weighted by atomic mass is 28.4. The van der Waals surface area contributed by atoms with Crippen molar-refractivity contribution in [3.8, 4) is 0 Å². The minimum absolute atomic E-state index is 0.0434. The Kier molecular flexibility index (Phi) is 17.4. The second-order valence-corrected chi connectivity index (χ2v) is 13.3. The molecular weight excluding hydrogens is 356 g/mol. The highest BCUT2D eigenvalue weighted by molar-refractivity contribution is 6.69. The molecule has 0 aliphatic carbocycles. The number of aliphatic hydroxyl groups excluding tert-OH is 1. The average Bonchev–Trinajstić information content (AvgIpc) is 2.61. The van der Waals surface area contributed by atoms with Gasteiger partial charge in [0.25, 0.3) is 0 Å². The number of rotatable bonds is 19. The predicted octanol–water partition coefficient (Wildman–Crippen LogP) is 6.22. The lowest BCUT2D eigenvalue weighted by atomic mass is 10.0. The number of unbranched alkanes of at least 4 members (excludes halogenated alkanes) is 12. The molecule has 0 aromatic carbocycles. The molecule has 0 saturated heterocycles. The number of hydrogen-bond acceptors (Lipinski definition) is 4. The van der Waals surface area contributed by atoms with Crippen LogP contribution in [0.15, 0.2) is 0 Å². The van der Waals surface area contributed by atoms with Crippen molar-refractivity contribution in [1.82, 2.24) is 0 Å². The van der Waals surface area contributed by atoms with Gasteiger partial charge in [0.1, 0.15) is 12.7 Å². The molecule has 1 atom stereocenters. The molecule has 0 saturated carbocycles. The van der Waals surface area contributed by atoms with Crippen LogP contribution < -0.4 is 0 Å². The van der Waals surface area contributed by atoms with Crippen molar-refractivity contribution in [2.24, 2.45) is 0 Å². The van der Waals surface area contributed by atoms with E-state index in [1.807, 2.05) is 0 Å². The highest BCUT2D eigenvalue weighted by Gasteiger charge is 2.17. The summed E-state index contributed by atoms with van der Waals surface area (Å²) in [5.41, 5.74) is 0.